The van der Waals surface area contributed by atoms with Crippen molar-refractivity contribution in [1.82, 2.24) is 9.97 Å². The largest absolute Gasteiger partial charge is 0.463 e. The second-order valence-electron chi connectivity index (χ2n) is 5.06. The number of ether oxygens (including phenoxy) is 1. The summed E-state index contributed by atoms with van der Waals surface area (Å²) in [5.41, 5.74) is 0.933. The third kappa shape index (κ3) is 3.61. The van der Waals surface area contributed by atoms with E-state index in [0.717, 1.165) is 24.5 Å². The minimum atomic E-state index is 0.313. The van der Waals surface area contributed by atoms with Gasteiger partial charge in [0, 0.05) is 5.92 Å². The smallest absolute Gasteiger partial charge is 0.236 e. The van der Waals surface area contributed by atoms with Gasteiger partial charge >= 0.3 is 0 Å². The van der Waals surface area contributed by atoms with Gasteiger partial charge in [0.1, 0.15) is 11.3 Å². The van der Waals surface area contributed by atoms with Gasteiger partial charge in [-0.25, -0.2) is 9.97 Å². The van der Waals surface area contributed by atoms with E-state index in [2.05, 4.69) is 28.7 Å². The van der Waals surface area contributed by atoms with Crippen molar-refractivity contribution >= 4 is 11.6 Å². The molecule has 2 atom stereocenters. The third-order valence-corrected chi connectivity index (χ3v) is 3.92. The van der Waals surface area contributed by atoms with Crippen LogP contribution in [0.25, 0.3) is 0 Å². The van der Waals surface area contributed by atoms with E-state index in [9.17, 15) is 0 Å². The highest BCUT2D eigenvalue weighted by atomic mass is 35.5. The molecular formula is C15H19ClN2O. The first-order chi connectivity index (χ1) is 9.22. The zero-order valence-electron chi connectivity index (χ0n) is 11.4. The van der Waals surface area contributed by atoms with Crippen molar-refractivity contribution in [2.75, 3.05) is 6.61 Å². The molecule has 0 saturated heterocycles. The number of hydrogen-bond donors (Lipinski definition) is 0. The van der Waals surface area contributed by atoms with Crippen LogP contribution in [0.5, 0.6) is 5.88 Å². The van der Waals surface area contributed by atoms with Gasteiger partial charge in [-0.1, -0.05) is 37.3 Å². The summed E-state index contributed by atoms with van der Waals surface area (Å²) in [6, 6.07) is 0. The fraction of sp³-hybridized carbons (Fsp3) is 0.600. The summed E-state index contributed by atoms with van der Waals surface area (Å²) in [5, 5.41) is 0.555. The number of nitrogens with zero attached hydrogens (tertiary/aromatic N) is 2. The van der Waals surface area contributed by atoms with Crippen molar-refractivity contribution in [3.05, 3.63) is 17.0 Å². The molecule has 0 bridgehead atoms. The number of rotatable bonds is 3. The Labute approximate surface area is 119 Å². The van der Waals surface area contributed by atoms with E-state index in [1.165, 1.54) is 19.2 Å². The minimum Gasteiger partial charge on any atom is -0.463 e. The van der Waals surface area contributed by atoms with Crippen LogP contribution in [0.3, 0.4) is 0 Å². The molecular weight excluding hydrogens is 260 g/mol. The molecule has 102 valence electrons. The van der Waals surface area contributed by atoms with Crippen molar-refractivity contribution in [3.8, 4) is 17.7 Å². The van der Waals surface area contributed by atoms with Crippen LogP contribution in [0.2, 0.25) is 5.02 Å². The van der Waals surface area contributed by atoms with E-state index >= 15 is 0 Å². The lowest BCUT2D eigenvalue weighted by Crippen LogP contribution is -2.14. The lowest BCUT2D eigenvalue weighted by atomic mass is 9.81. The maximum absolute atomic E-state index is 6.37. The zero-order chi connectivity index (χ0) is 13.7. The van der Waals surface area contributed by atoms with Gasteiger partial charge in [-0.05, 0) is 25.7 Å². The van der Waals surface area contributed by atoms with Crippen LogP contribution >= 0.6 is 11.6 Å². The quantitative estimate of drug-likeness (QED) is 0.788. The molecule has 2 rings (SSSR count). The number of halogens is 1. The summed E-state index contributed by atoms with van der Waals surface area (Å²) >= 11 is 6.37. The molecule has 1 aliphatic carbocycles. The molecule has 4 heteroatoms. The predicted octanol–water partition coefficient (Wildman–Crippen LogP) is 3.83. The second kappa shape index (κ2) is 6.77. The van der Waals surface area contributed by atoms with Crippen LogP contribution in [-0.2, 0) is 0 Å². The molecule has 0 amide bonds. The van der Waals surface area contributed by atoms with Gasteiger partial charge in [0.05, 0.1) is 5.69 Å². The summed E-state index contributed by atoms with van der Waals surface area (Å²) in [4.78, 5) is 8.46. The molecule has 0 radical (unpaired) electrons. The molecule has 19 heavy (non-hydrogen) atoms. The van der Waals surface area contributed by atoms with Crippen LogP contribution in [0.1, 0.15) is 51.1 Å². The number of aromatic nitrogens is 2. The monoisotopic (exact) mass is 278 g/mol. The van der Waals surface area contributed by atoms with Gasteiger partial charge in [-0.2, -0.15) is 0 Å². The van der Waals surface area contributed by atoms with Gasteiger partial charge < -0.3 is 4.74 Å². The molecule has 1 fully saturated rings. The summed E-state index contributed by atoms with van der Waals surface area (Å²) in [5.74, 6) is 7.24. The van der Waals surface area contributed by atoms with Gasteiger partial charge in [-0.3, -0.25) is 0 Å². The molecule has 1 aliphatic rings. The van der Waals surface area contributed by atoms with E-state index in [1.54, 1.807) is 6.92 Å². The van der Waals surface area contributed by atoms with E-state index in [0.29, 0.717) is 23.4 Å². The Hall–Kier alpha value is -1.27. The van der Waals surface area contributed by atoms with Crippen LogP contribution in [0.15, 0.2) is 6.33 Å². The molecule has 1 aromatic rings. The lowest BCUT2D eigenvalue weighted by molar-refractivity contribution is 0.332. The molecule has 2 unspecified atom stereocenters. The Kier molecular flexibility index (Phi) is 5.04. The second-order valence-corrected chi connectivity index (χ2v) is 5.44. The van der Waals surface area contributed by atoms with Crippen LogP contribution in [0, 0.1) is 17.8 Å². The van der Waals surface area contributed by atoms with Crippen LogP contribution < -0.4 is 4.74 Å². The normalized spacial score (nSPS) is 22.5. The van der Waals surface area contributed by atoms with Crippen molar-refractivity contribution in [2.24, 2.45) is 5.92 Å². The highest BCUT2D eigenvalue weighted by molar-refractivity contribution is 6.32. The molecule has 0 aromatic carbocycles. The van der Waals surface area contributed by atoms with E-state index in [-0.39, 0.29) is 0 Å². The molecule has 1 saturated carbocycles. The van der Waals surface area contributed by atoms with Gasteiger partial charge in [0.15, 0.2) is 6.61 Å². The summed E-state index contributed by atoms with van der Waals surface area (Å²) in [6.07, 6.45) is 6.37. The van der Waals surface area contributed by atoms with E-state index < -0.39 is 0 Å². The molecule has 0 spiro atoms. The highest BCUT2D eigenvalue weighted by Gasteiger charge is 2.25. The van der Waals surface area contributed by atoms with Crippen molar-refractivity contribution in [2.45, 2.75) is 45.4 Å². The SMILES string of the molecule is CC#CCOc1ncnc(C2CCCC(C)C2)c1Cl. The Morgan fingerprint density at radius 1 is 1.42 bits per heavy atom. The van der Waals surface area contributed by atoms with Gasteiger partial charge in [0.2, 0.25) is 5.88 Å². The maximum Gasteiger partial charge on any atom is 0.236 e. The van der Waals surface area contributed by atoms with E-state index in [4.69, 9.17) is 16.3 Å². The van der Waals surface area contributed by atoms with Crippen molar-refractivity contribution in [1.29, 1.82) is 0 Å². The predicted molar refractivity (Wildman–Crippen MR) is 76.4 cm³/mol. The maximum atomic E-state index is 6.37. The summed E-state index contributed by atoms with van der Waals surface area (Å²) < 4.78 is 5.48. The Balaban J connectivity index is 2.15. The number of hydrogen-bond acceptors (Lipinski definition) is 3. The van der Waals surface area contributed by atoms with Crippen LogP contribution in [-0.4, -0.2) is 16.6 Å². The van der Waals surface area contributed by atoms with Crippen LogP contribution in [0.4, 0.5) is 0 Å². The molecule has 0 N–H and O–H groups in total. The van der Waals surface area contributed by atoms with Crippen molar-refractivity contribution < 1.29 is 4.74 Å². The lowest BCUT2D eigenvalue weighted by Gasteiger charge is -2.26. The standard InChI is InChI=1S/C15H19ClN2O/c1-3-4-8-19-15-13(16)14(17-10-18-15)12-7-5-6-11(2)9-12/h10-12H,5-9H2,1-2H3. The summed E-state index contributed by atoms with van der Waals surface area (Å²) in [7, 11) is 0. The fourth-order valence-corrected chi connectivity index (χ4v) is 2.92. The topological polar surface area (TPSA) is 35.0 Å². The van der Waals surface area contributed by atoms with Crippen molar-refractivity contribution in [3.63, 3.8) is 0 Å². The Morgan fingerprint density at radius 2 is 2.26 bits per heavy atom. The average Bonchev–Trinajstić information content (AvgIpc) is 2.41. The minimum absolute atomic E-state index is 0.313. The molecule has 1 heterocycles. The Bertz CT molecular complexity index is 493. The zero-order valence-corrected chi connectivity index (χ0v) is 12.2. The molecule has 3 nitrogen and oxygen atoms in total. The van der Waals surface area contributed by atoms with Gasteiger partial charge in [-0.15, -0.1) is 5.92 Å². The average molecular weight is 279 g/mol. The highest BCUT2D eigenvalue weighted by Crippen LogP contribution is 2.39. The first-order valence-electron chi connectivity index (χ1n) is 6.75. The van der Waals surface area contributed by atoms with Gasteiger partial charge in [0.25, 0.3) is 0 Å². The van der Waals surface area contributed by atoms with E-state index in [1.807, 2.05) is 0 Å². The summed E-state index contributed by atoms with van der Waals surface area (Å²) in [6.45, 7) is 4.38. The first-order valence-corrected chi connectivity index (χ1v) is 7.13. The molecule has 0 aliphatic heterocycles. The first kappa shape index (κ1) is 14.1. The fourth-order valence-electron chi connectivity index (χ4n) is 2.61. The Morgan fingerprint density at radius 3 is 3.00 bits per heavy atom. The molecule has 1 aromatic heterocycles. The third-order valence-electron chi connectivity index (χ3n) is 3.57.